The van der Waals surface area contributed by atoms with E-state index in [1.807, 2.05) is 6.26 Å². The Labute approximate surface area is 132 Å². The molecular formula is C14H15ClFN3OS. The number of thioether (sulfide) groups is 1. The first-order valence-electron chi connectivity index (χ1n) is 6.43. The molecule has 4 nitrogen and oxygen atoms in total. The minimum atomic E-state index is -0.605. The van der Waals surface area contributed by atoms with E-state index >= 15 is 0 Å². The Morgan fingerprint density at radius 2 is 2.19 bits per heavy atom. The van der Waals surface area contributed by atoms with Crippen molar-refractivity contribution in [1.29, 1.82) is 0 Å². The molecule has 0 aliphatic rings. The summed E-state index contributed by atoms with van der Waals surface area (Å²) in [5.74, 6) is 0.351. The Morgan fingerprint density at radius 3 is 2.90 bits per heavy atom. The molecule has 1 N–H and O–H groups in total. The van der Waals surface area contributed by atoms with Gasteiger partial charge in [0.1, 0.15) is 5.82 Å². The predicted molar refractivity (Wildman–Crippen MR) is 84.1 cm³/mol. The van der Waals surface area contributed by atoms with E-state index in [0.717, 1.165) is 13.0 Å². The highest BCUT2D eigenvalue weighted by Crippen LogP contribution is 2.29. The largest absolute Gasteiger partial charge is 0.436 e. The van der Waals surface area contributed by atoms with E-state index in [1.165, 1.54) is 23.9 Å². The maximum Gasteiger partial charge on any atom is 0.225 e. The second-order valence-corrected chi connectivity index (χ2v) is 5.34. The maximum atomic E-state index is 13.9. The fourth-order valence-electron chi connectivity index (χ4n) is 1.57. The second kappa shape index (κ2) is 7.47. The number of benzene rings is 1. The molecule has 2 aromatic rings. The third-order valence-corrected chi connectivity index (χ3v) is 3.39. The van der Waals surface area contributed by atoms with Gasteiger partial charge in [0.15, 0.2) is 16.7 Å². The van der Waals surface area contributed by atoms with Crippen LogP contribution in [0, 0.1) is 5.82 Å². The van der Waals surface area contributed by atoms with E-state index in [2.05, 4.69) is 22.2 Å². The van der Waals surface area contributed by atoms with Crippen LogP contribution in [0.5, 0.6) is 11.6 Å². The van der Waals surface area contributed by atoms with Gasteiger partial charge in [-0.05, 0) is 24.8 Å². The smallest absolute Gasteiger partial charge is 0.225 e. The molecular weight excluding hydrogens is 313 g/mol. The molecule has 0 saturated carbocycles. The number of nitrogens with one attached hydrogen (secondary N) is 1. The van der Waals surface area contributed by atoms with Gasteiger partial charge in [-0.15, -0.1) is 0 Å². The molecule has 0 fully saturated rings. The van der Waals surface area contributed by atoms with Crippen molar-refractivity contribution in [2.24, 2.45) is 0 Å². The molecule has 1 aromatic carbocycles. The summed E-state index contributed by atoms with van der Waals surface area (Å²) in [7, 11) is 0. The van der Waals surface area contributed by atoms with Crippen molar-refractivity contribution < 1.29 is 9.13 Å². The van der Waals surface area contributed by atoms with Gasteiger partial charge in [-0.25, -0.2) is 9.37 Å². The van der Waals surface area contributed by atoms with Crippen LogP contribution in [-0.4, -0.2) is 22.8 Å². The minimum Gasteiger partial charge on any atom is -0.436 e. The van der Waals surface area contributed by atoms with E-state index in [0.29, 0.717) is 11.0 Å². The maximum absolute atomic E-state index is 13.9. The van der Waals surface area contributed by atoms with Crippen molar-refractivity contribution in [3.05, 3.63) is 35.1 Å². The van der Waals surface area contributed by atoms with Gasteiger partial charge in [0.05, 0.1) is 5.02 Å². The average Bonchev–Trinajstić information content (AvgIpc) is 2.49. The number of anilines is 1. The molecule has 0 amide bonds. The molecule has 7 heteroatoms. The van der Waals surface area contributed by atoms with Crippen LogP contribution in [0.15, 0.2) is 29.4 Å². The van der Waals surface area contributed by atoms with Gasteiger partial charge in [-0.2, -0.15) is 4.98 Å². The zero-order valence-electron chi connectivity index (χ0n) is 11.7. The fraction of sp³-hybridized carbons (Fsp3) is 0.286. The topological polar surface area (TPSA) is 47.0 Å². The first kappa shape index (κ1) is 15.9. The van der Waals surface area contributed by atoms with Crippen molar-refractivity contribution in [2.45, 2.75) is 18.5 Å². The molecule has 2 rings (SSSR count). The van der Waals surface area contributed by atoms with Crippen LogP contribution in [-0.2, 0) is 0 Å². The quantitative estimate of drug-likeness (QED) is 0.620. The highest BCUT2D eigenvalue weighted by atomic mass is 35.5. The summed E-state index contributed by atoms with van der Waals surface area (Å²) in [5, 5.41) is 3.72. The third kappa shape index (κ3) is 4.22. The highest BCUT2D eigenvalue weighted by molar-refractivity contribution is 7.98. The summed E-state index contributed by atoms with van der Waals surface area (Å²) in [6.45, 7) is 2.85. The number of hydrogen-bond donors (Lipinski definition) is 1. The van der Waals surface area contributed by atoms with Gasteiger partial charge in [0.25, 0.3) is 0 Å². The Balaban J connectivity index is 2.28. The fourth-order valence-corrected chi connectivity index (χ4v) is 2.10. The van der Waals surface area contributed by atoms with Gasteiger partial charge in [-0.3, -0.25) is 0 Å². The lowest BCUT2D eigenvalue weighted by atomic mass is 10.3. The Bertz CT molecular complexity index is 627. The van der Waals surface area contributed by atoms with Crippen LogP contribution in [0.2, 0.25) is 5.02 Å². The molecule has 0 atom stereocenters. The van der Waals surface area contributed by atoms with Crippen LogP contribution >= 0.6 is 23.4 Å². The number of halogens is 2. The molecule has 0 aliphatic heterocycles. The molecule has 21 heavy (non-hydrogen) atoms. The number of rotatable bonds is 6. The summed E-state index contributed by atoms with van der Waals surface area (Å²) in [6.07, 6.45) is 2.83. The highest BCUT2D eigenvalue weighted by Gasteiger charge is 2.11. The summed E-state index contributed by atoms with van der Waals surface area (Å²) in [5.41, 5.74) is 0. The lowest BCUT2D eigenvalue weighted by Crippen LogP contribution is -2.04. The monoisotopic (exact) mass is 327 g/mol. The van der Waals surface area contributed by atoms with Crippen LogP contribution < -0.4 is 10.1 Å². The van der Waals surface area contributed by atoms with Crippen LogP contribution in [0.25, 0.3) is 0 Å². The molecule has 0 unspecified atom stereocenters. The van der Waals surface area contributed by atoms with Crippen molar-refractivity contribution in [2.75, 3.05) is 18.1 Å². The second-order valence-electron chi connectivity index (χ2n) is 4.16. The molecule has 0 saturated heterocycles. The molecule has 0 aliphatic carbocycles. The zero-order chi connectivity index (χ0) is 15.2. The van der Waals surface area contributed by atoms with E-state index in [9.17, 15) is 4.39 Å². The Morgan fingerprint density at radius 1 is 1.38 bits per heavy atom. The standard InChI is InChI=1S/C14H15ClFN3OS/c1-3-7-17-11-8-12(19-14(18-11)21-2)20-10-6-4-5-9(15)13(10)16/h4-6,8H,3,7H2,1-2H3,(H,17,18,19). The lowest BCUT2D eigenvalue weighted by molar-refractivity contribution is 0.423. The SMILES string of the molecule is CCCNc1cc(Oc2cccc(Cl)c2F)nc(SC)n1. The molecule has 0 bridgehead atoms. The van der Waals surface area contributed by atoms with Gasteiger partial charge in [-0.1, -0.05) is 36.4 Å². The zero-order valence-corrected chi connectivity index (χ0v) is 13.3. The summed E-state index contributed by atoms with van der Waals surface area (Å²) in [4.78, 5) is 8.52. The average molecular weight is 328 g/mol. The van der Waals surface area contributed by atoms with Crippen LogP contribution in [0.4, 0.5) is 10.2 Å². The van der Waals surface area contributed by atoms with Crippen molar-refractivity contribution >= 4 is 29.2 Å². The minimum absolute atomic E-state index is 0.0102. The molecule has 0 radical (unpaired) electrons. The first-order chi connectivity index (χ1) is 10.1. The van der Waals surface area contributed by atoms with Gasteiger partial charge >= 0.3 is 0 Å². The van der Waals surface area contributed by atoms with E-state index in [-0.39, 0.29) is 16.7 Å². The predicted octanol–water partition coefficient (Wildman–Crippen LogP) is 4.61. The summed E-state index contributed by atoms with van der Waals surface area (Å²) >= 11 is 7.12. The van der Waals surface area contributed by atoms with Crippen LogP contribution in [0.3, 0.4) is 0 Å². The normalized spacial score (nSPS) is 10.5. The van der Waals surface area contributed by atoms with Crippen molar-refractivity contribution in [3.8, 4) is 11.6 Å². The van der Waals surface area contributed by atoms with Crippen molar-refractivity contribution in [1.82, 2.24) is 9.97 Å². The number of ether oxygens (including phenoxy) is 1. The molecule has 1 aromatic heterocycles. The Kier molecular flexibility index (Phi) is 5.64. The van der Waals surface area contributed by atoms with E-state index < -0.39 is 5.82 Å². The van der Waals surface area contributed by atoms with Gasteiger partial charge < -0.3 is 10.1 Å². The molecule has 0 spiro atoms. The third-order valence-electron chi connectivity index (χ3n) is 2.55. The van der Waals surface area contributed by atoms with Gasteiger partial charge in [0.2, 0.25) is 5.88 Å². The number of aromatic nitrogens is 2. The van der Waals surface area contributed by atoms with Crippen LogP contribution in [0.1, 0.15) is 13.3 Å². The first-order valence-corrected chi connectivity index (χ1v) is 8.03. The summed E-state index contributed by atoms with van der Waals surface area (Å²) < 4.78 is 19.3. The van der Waals surface area contributed by atoms with Gasteiger partial charge in [0, 0.05) is 12.6 Å². The molecule has 1 heterocycles. The molecule has 112 valence electrons. The Hall–Kier alpha value is -1.53. The van der Waals surface area contributed by atoms with E-state index in [4.69, 9.17) is 16.3 Å². The van der Waals surface area contributed by atoms with E-state index in [1.54, 1.807) is 12.1 Å². The lowest BCUT2D eigenvalue weighted by Gasteiger charge is -2.10. The number of nitrogens with zero attached hydrogens (tertiary/aromatic N) is 2. The van der Waals surface area contributed by atoms with Crippen molar-refractivity contribution in [3.63, 3.8) is 0 Å². The summed E-state index contributed by atoms with van der Waals surface area (Å²) in [6, 6.07) is 6.22. The number of hydrogen-bond acceptors (Lipinski definition) is 5.